The molecule has 0 atom stereocenters. The van der Waals surface area contributed by atoms with Gasteiger partial charge in [-0.15, -0.1) is 5.10 Å². The first-order valence-electron chi connectivity index (χ1n) is 6.56. The molecule has 0 saturated carbocycles. The minimum Gasteiger partial charge on any atom is -0.301 e. The summed E-state index contributed by atoms with van der Waals surface area (Å²) in [6.07, 6.45) is 1.29. The van der Waals surface area contributed by atoms with E-state index in [1.165, 1.54) is 24.5 Å². The summed E-state index contributed by atoms with van der Waals surface area (Å²) in [7, 11) is 0. The lowest BCUT2D eigenvalue weighted by molar-refractivity contribution is 0.122. The van der Waals surface area contributed by atoms with E-state index in [9.17, 15) is 0 Å². The highest BCUT2D eigenvalue weighted by Gasteiger charge is 2.18. The van der Waals surface area contributed by atoms with Gasteiger partial charge in [0.1, 0.15) is 10.0 Å². The molecule has 4 nitrogen and oxygen atoms in total. The number of halogens is 1. The largest absolute Gasteiger partial charge is 0.301 e. The molecule has 0 aliphatic carbocycles. The summed E-state index contributed by atoms with van der Waals surface area (Å²) in [5, 5.41) is 4.07. The van der Waals surface area contributed by atoms with Gasteiger partial charge in [-0.3, -0.25) is 4.90 Å². The molecule has 102 valence electrons. The molecule has 0 unspecified atom stereocenters. The second kappa shape index (κ2) is 6.80. The molecular weight excluding hydrogens is 268 g/mol. The summed E-state index contributed by atoms with van der Waals surface area (Å²) in [6.45, 7) is 11.2. The summed E-state index contributed by atoms with van der Waals surface area (Å²) >= 11 is 7.30. The zero-order chi connectivity index (χ0) is 13.0. The van der Waals surface area contributed by atoms with Crippen molar-refractivity contribution in [2.24, 2.45) is 5.92 Å². The van der Waals surface area contributed by atoms with Gasteiger partial charge >= 0.3 is 0 Å². The molecule has 0 amide bonds. The van der Waals surface area contributed by atoms with E-state index in [1.807, 2.05) is 0 Å². The molecular formula is C12H21ClN4S. The fraction of sp³-hybridized carbons (Fsp3) is 0.833. The molecule has 0 N–H and O–H groups in total. The van der Waals surface area contributed by atoms with Crippen LogP contribution in [0.1, 0.15) is 26.0 Å². The van der Waals surface area contributed by atoms with E-state index in [0.29, 0.717) is 0 Å². The Morgan fingerprint density at radius 2 is 1.89 bits per heavy atom. The zero-order valence-corrected chi connectivity index (χ0v) is 12.7. The van der Waals surface area contributed by atoms with Crippen LogP contribution < -0.4 is 0 Å². The second-order valence-electron chi connectivity index (χ2n) is 5.29. The number of aromatic nitrogens is 2. The minimum absolute atomic E-state index is 0.734. The van der Waals surface area contributed by atoms with Crippen LogP contribution in [-0.2, 0) is 6.54 Å². The van der Waals surface area contributed by atoms with Gasteiger partial charge in [-0.25, -0.2) is 0 Å². The molecule has 1 aliphatic heterocycles. The molecule has 18 heavy (non-hydrogen) atoms. The van der Waals surface area contributed by atoms with Crippen molar-refractivity contribution < 1.29 is 0 Å². The Hall–Kier alpha value is -0.230. The molecule has 1 aliphatic rings. The molecule has 1 aromatic rings. The third-order valence-corrected chi connectivity index (χ3v) is 4.35. The van der Waals surface area contributed by atoms with Crippen molar-refractivity contribution in [2.75, 3.05) is 32.7 Å². The van der Waals surface area contributed by atoms with Crippen molar-refractivity contribution in [2.45, 2.75) is 26.8 Å². The van der Waals surface area contributed by atoms with E-state index in [2.05, 4.69) is 33.2 Å². The van der Waals surface area contributed by atoms with Crippen LogP contribution in [0.5, 0.6) is 0 Å². The van der Waals surface area contributed by atoms with Crippen molar-refractivity contribution in [1.82, 2.24) is 19.4 Å². The lowest BCUT2D eigenvalue weighted by atomic mass is 10.1. The maximum absolute atomic E-state index is 6.03. The van der Waals surface area contributed by atoms with E-state index in [1.54, 1.807) is 0 Å². The monoisotopic (exact) mass is 288 g/mol. The molecule has 6 heteroatoms. The molecule has 0 spiro atoms. The molecule has 2 rings (SSSR count). The van der Waals surface area contributed by atoms with Crippen LogP contribution in [0.25, 0.3) is 0 Å². The molecule has 2 heterocycles. The molecule has 1 fully saturated rings. The van der Waals surface area contributed by atoms with Gasteiger partial charge in [0.25, 0.3) is 0 Å². The Bertz CT molecular complexity index is 361. The van der Waals surface area contributed by atoms with Crippen LogP contribution in [-0.4, -0.2) is 52.1 Å². The van der Waals surface area contributed by atoms with E-state index >= 15 is 0 Å². The van der Waals surface area contributed by atoms with Crippen molar-refractivity contribution in [1.29, 1.82) is 0 Å². The van der Waals surface area contributed by atoms with Gasteiger partial charge in [0, 0.05) is 44.3 Å². The van der Waals surface area contributed by atoms with Gasteiger partial charge in [-0.2, -0.15) is 0 Å². The lowest BCUT2D eigenvalue weighted by Gasteiger charge is -2.34. The van der Waals surface area contributed by atoms with Crippen molar-refractivity contribution in [3.63, 3.8) is 0 Å². The fourth-order valence-corrected chi connectivity index (χ4v) is 2.73. The Kier molecular flexibility index (Phi) is 5.36. The maximum Gasteiger partial charge on any atom is 0.138 e. The summed E-state index contributed by atoms with van der Waals surface area (Å²) in [4.78, 5) is 4.96. The Morgan fingerprint density at radius 1 is 1.22 bits per heavy atom. The SMILES string of the molecule is CC(C)CCN1CCN(Cc2nnsc2Cl)CC1. The van der Waals surface area contributed by atoms with Gasteiger partial charge in [0.2, 0.25) is 0 Å². The highest BCUT2D eigenvalue weighted by Crippen LogP contribution is 2.19. The average molecular weight is 289 g/mol. The lowest BCUT2D eigenvalue weighted by Crippen LogP contribution is -2.46. The molecule has 1 aromatic heterocycles. The smallest absolute Gasteiger partial charge is 0.138 e. The molecule has 1 saturated heterocycles. The van der Waals surface area contributed by atoms with E-state index in [-0.39, 0.29) is 0 Å². The van der Waals surface area contributed by atoms with Crippen molar-refractivity contribution >= 4 is 23.1 Å². The predicted molar refractivity (Wildman–Crippen MR) is 76.1 cm³/mol. The average Bonchev–Trinajstić information content (AvgIpc) is 2.74. The van der Waals surface area contributed by atoms with Gasteiger partial charge < -0.3 is 4.90 Å². The number of nitrogens with zero attached hydrogens (tertiary/aromatic N) is 4. The highest BCUT2D eigenvalue weighted by atomic mass is 35.5. The number of hydrogen-bond acceptors (Lipinski definition) is 5. The number of hydrogen-bond donors (Lipinski definition) is 0. The Balaban J connectivity index is 1.72. The standard InChI is InChI=1S/C12H21ClN4S/c1-10(2)3-4-16-5-7-17(8-6-16)9-11-12(13)18-15-14-11/h10H,3-9H2,1-2H3. The first-order valence-corrected chi connectivity index (χ1v) is 7.71. The normalized spacial score (nSPS) is 18.7. The van der Waals surface area contributed by atoms with Crippen molar-refractivity contribution in [3.05, 3.63) is 10.0 Å². The second-order valence-corrected chi connectivity index (χ2v) is 6.65. The van der Waals surface area contributed by atoms with Gasteiger partial charge in [0.05, 0.1) is 0 Å². The highest BCUT2D eigenvalue weighted by molar-refractivity contribution is 7.10. The van der Waals surface area contributed by atoms with E-state index in [4.69, 9.17) is 11.6 Å². The van der Waals surface area contributed by atoms with Crippen LogP contribution in [0.2, 0.25) is 4.34 Å². The van der Waals surface area contributed by atoms with Crippen LogP contribution in [0.4, 0.5) is 0 Å². The molecule has 0 bridgehead atoms. The quantitative estimate of drug-likeness (QED) is 0.833. The van der Waals surface area contributed by atoms with E-state index in [0.717, 1.165) is 48.7 Å². The first-order chi connectivity index (χ1) is 8.65. The molecule has 0 aromatic carbocycles. The van der Waals surface area contributed by atoms with Gasteiger partial charge in [-0.05, 0) is 18.9 Å². The number of rotatable bonds is 5. The summed E-state index contributed by atoms with van der Waals surface area (Å²) < 4.78 is 4.61. The van der Waals surface area contributed by atoms with Crippen LogP contribution in [0, 0.1) is 5.92 Å². The summed E-state index contributed by atoms with van der Waals surface area (Å²) in [5.74, 6) is 0.794. The Morgan fingerprint density at radius 3 is 2.44 bits per heavy atom. The van der Waals surface area contributed by atoms with Gasteiger partial charge in [0.15, 0.2) is 0 Å². The molecule has 0 radical (unpaired) electrons. The van der Waals surface area contributed by atoms with Crippen LogP contribution in [0.15, 0.2) is 0 Å². The van der Waals surface area contributed by atoms with Crippen molar-refractivity contribution in [3.8, 4) is 0 Å². The minimum atomic E-state index is 0.734. The fourth-order valence-electron chi connectivity index (χ4n) is 2.11. The first kappa shape index (κ1) is 14.2. The van der Waals surface area contributed by atoms with Gasteiger partial charge in [-0.1, -0.05) is 29.9 Å². The number of piperazine rings is 1. The van der Waals surface area contributed by atoms with Crippen LogP contribution >= 0.6 is 23.1 Å². The summed E-state index contributed by atoms with van der Waals surface area (Å²) in [6, 6.07) is 0. The third-order valence-electron chi connectivity index (χ3n) is 3.37. The topological polar surface area (TPSA) is 32.3 Å². The third kappa shape index (κ3) is 4.16. The van der Waals surface area contributed by atoms with Crippen LogP contribution in [0.3, 0.4) is 0 Å². The van der Waals surface area contributed by atoms with E-state index < -0.39 is 0 Å². The zero-order valence-electron chi connectivity index (χ0n) is 11.1. The Labute approximate surface area is 118 Å². The summed E-state index contributed by atoms with van der Waals surface area (Å²) in [5.41, 5.74) is 0.928. The maximum atomic E-state index is 6.03. The predicted octanol–water partition coefficient (Wildman–Crippen LogP) is 2.36.